The highest BCUT2D eigenvalue weighted by Gasteiger charge is 2.53. The molecule has 0 radical (unpaired) electrons. The van der Waals surface area contributed by atoms with Gasteiger partial charge in [-0.05, 0) is 0 Å². The van der Waals surface area contributed by atoms with Crippen LogP contribution in [0.3, 0.4) is 0 Å². The molecular formula is C18H32O16. The minimum Gasteiger partial charge on any atom is -0.394 e. The van der Waals surface area contributed by atoms with Gasteiger partial charge < -0.3 is 79.9 Å². The molecule has 0 aromatic heterocycles. The van der Waals surface area contributed by atoms with Crippen LogP contribution in [0.4, 0.5) is 0 Å². The van der Waals surface area contributed by atoms with Crippen LogP contribution in [0.25, 0.3) is 0 Å². The molecule has 0 spiro atoms. The molecule has 3 aliphatic rings. The van der Waals surface area contributed by atoms with E-state index in [1.54, 1.807) is 0 Å². The van der Waals surface area contributed by atoms with E-state index in [2.05, 4.69) is 0 Å². The Kier molecular flexibility index (Phi) is 9.54. The van der Waals surface area contributed by atoms with Crippen LogP contribution in [0.2, 0.25) is 0 Å². The first-order valence-corrected chi connectivity index (χ1v) is 10.6. The topological polar surface area (TPSA) is 269 Å². The summed E-state index contributed by atoms with van der Waals surface area (Å²) in [6, 6.07) is 0. The van der Waals surface area contributed by atoms with E-state index in [0.29, 0.717) is 0 Å². The van der Waals surface area contributed by atoms with Crippen molar-refractivity contribution in [1.82, 2.24) is 0 Å². The minimum atomic E-state index is -1.90. The Labute approximate surface area is 192 Å². The Hall–Kier alpha value is -0.640. The van der Waals surface area contributed by atoms with Crippen molar-refractivity contribution >= 4 is 0 Å². The van der Waals surface area contributed by atoms with Crippen molar-refractivity contribution in [3.05, 3.63) is 0 Å². The zero-order chi connectivity index (χ0) is 25.3. The third-order valence-corrected chi connectivity index (χ3v) is 6.10. The van der Waals surface area contributed by atoms with E-state index >= 15 is 0 Å². The standard InChI is InChI=1S/C18H32O16/c19-1-4-8(23)11(26)14(16(29)30-4)33-18-15(12(27)9(24)6(3-21)32-18)34-17-13(28)10(25)7(22)5(2-20)31-17/h4-29H,1-3H2/t4-,5-,6-,7-,8-,9-,10+,11+,12+,13+,14+,15+,16-,17-,18-/m1/s1. The van der Waals surface area contributed by atoms with E-state index in [4.69, 9.17) is 23.7 Å². The summed E-state index contributed by atoms with van der Waals surface area (Å²) in [6.45, 7) is -2.31. The van der Waals surface area contributed by atoms with E-state index in [-0.39, 0.29) is 0 Å². The summed E-state index contributed by atoms with van der Waals surface area (Å²) >= 11 is 0. The maximum absolute atomic E-state index is 10.6. The lowest BCUT2D eigenvalue weighted by atomic mass is 9.96. The number of hydrogen-bond acceptors (Lipinski definition) is 16. The fourth-order valence-electron chi connectivity index (χ4n) is 4.02. The summed E-state index contributed by atoms with van der Waals surface area (Å²) in [6.07, 6.45) is -25.7. The Morgan fingerprint density at radius 1 is 0.441 bits per heavy atom. The van der Waals surface area contributed by atoms with Crippen molar-refractivity contribution < 1.29 is 79.9 Å². The van der Waals surface area contributed by atoms with Crippen LogP contribution in [-0.2, 0) is 23.7 Å². The van der Waals surface area contributed by atoms with Gasteiger partial charge in [-0.25, -0.2) is 0 Å². The zero-order valence-corrected chi connectivity index (χ0v) is 17.7. The smallest absolute Gasteiger partial charge is 0.187 e. The highest BCUT2D eigenvalue weighted by molar-refractivity contribution is 4.95. The fourth-order valence-corrected chi connectivity index (χ4v) is 4.02. The molecule has 0 aromatic carbocycles. The molecule has 0 amide bonds. The summed E-state index contributed by atoms with van der Waals surface area (Å²) in [5.74, 6) is 0. The number of ether oxygens (including phenoxy) is 5. The van der Waals surface area contributed by atoms with Gasteiger partial charge in [0.05, 0.1) is 19.8 Å². The van der Waals surface area contributed by atoms with Crippen molar-refractivity contribution in [1.29, 1.82) is 0 Å². The summed E-state index contributed by atoms with van der Waals surface area (Å²) in [5, 5.41) is 109. The number of hydrogen-bond donors (Lipinski definition) is 11. The lowest BCUT2D eigenvalue weighted by Gasteiger charge is -2.48. The molecule has 16 nitrogen and oxygen atoms in total. The van der Waals surface area contributed by atoms with Crippen molar-refractivity contribution in [3.63, 3.8) is 0 Å². The van der Waals surface area contributed by atoms with Crippen LogP contribution < -0.4 is 0 Å². The second-order valence-electron chi connectivity index (χ2n) is 8.33. The molecule has 0 saturated carbocycles. The molecule has 0 aliphatic carbocycles. The van der Waals surface area contributed by atoms with Gasteiger partial charge in [-0.3, -0.25) is 0 Å². The minimum absolute atomic E-state index is 0.734. The van der Waals surface area contributed by atoms with Gasteiger partial charge in [0.15, 0.2) is 18.9 Å². The molecule has 3 saturated heterocycles. The van der Waals surface area contributed by atoms with E-state index < -0.39 is 112 Å². The summed E-state index contributed by atoms with van der Waals surface area (Å²) in [5.41, 5.74) is 0. The maximum atomic E-state index is 10.6. The van der Waals surface area contributed by atoms with Crippen LogP contribution in [0.15, 0.2) is 0 Å². The quantitative estimate of drug-likeness (QED) is 0.154. The monoisotopic (exact) mass is 504 g/mol. The normalized spacial score (nSPS) is 52.5. The molecule has 0 bridgehead atoms. The van der Waals surface area contributed by atoms with Crippen LogP contribution in [0.1, 0.15) is 0 Å². The van der Waals surface area contributed by atoms with Gasteiger partial charge in [0.2, 0.25) is 0 Å². The number of aliphatic hydroxyl groups is 11. The van der Waals surface area contributed by atoms with Gasteiger partial charge in [-0.1, -0.05) is 0 Å². The van der Waals surface area contributed by atoms with Crippen LogP contribution in [0.5, 0.6) is 0 Å². The van der Waals surface area contributed by atoms with Crippen LogP contribution in [-0.4, -0.2) is 168 Å². The molecule has 16 heteroatoms. The van der Waals surface area contributed by atoms with E-state index in [9.17, 15) is 56.2 Å². The summed E-state index contributed by atoms with van der Waals surface area (Å²) in [4.78, 5) is 0. The van der Waals surface area contributed by atoms with Gasteiger partial charge in [0.1, 0.15) is 73.2 Å². The van der Waals surface area contributed by atoms with Crippen LogP contribution in [0, 0.1) is 0 Å². The SMILES string of the molecule is OC[C@H]1O[C@H](O[C@@H]2[C@@H](O[C@H]3[C@@H](O)[C@H](O)[C@@H](CO)O[C@H]3O)O[C@H](CO)[C@@H](O)[C@@H]2O)[C@@H](O)[C@@H](O)[C@@H]1O. The van der Waals surface area contributed by atoms with E-state index in [0.717, 1.165) is 0 Å². The molecule has 11 N–H and O–H groups in total. The molecule has 34 heavy (non-hydrogen) atoms. The van der Waals surface area contributed by atoms with Gasteiger partial charge in [-0.2, -0.15) is 0 Å². The lowest BCUT2D eigenvalue weighted by molar-refractivity contribution is -0.391. The highest BCUT2D eigenvalue weighted by atomic mass is 16.8. The molecule has 15 atom stereocenters. The van der Waals surface area contributed by atoms with E-state index in [1.807, 2.05) is 0 Å². The predicted octanol–water partition coefficient (Wildman–Crippen LogP) is -7.57. The molecule has 3 rings (SSSR count). The predicted molar refractivity (Wildman–Crippen MR) is 101 cm³/mol. The van der Waals surface area contributed by atoms with Crippen molar-refractivity contribution in [2.75, 3.05) is 19.8 Å². The van der Waals surface area contributed by atoms with Gasteiger partial charge in [0.25, 0.3) is 0 Å². The number of rotatable bonds is 7. The second-order valence-corrected chi connectivity index (χ2v) is 8.33. The van der Waals surface area contributed by atoms with Crippen molar-refractivity contribution in [2.24, 2.45) is 0 Å². The molecule has 3 aliphatic heterocycles. The number of aliphatic hydroxyl groups excluding tert-OH is 11. The van der Waals surface area contributed by atoms with Crippen LogP contribution >= 0.6 is 0 Å². The third kappa shape index (κ3) is 5.37. The average molecular weight is 504 g/mol. The largest absolute Gasteiger partial charge is 0.394 e. The molecule has 3 heterocycles. The Morgan fingerprint density at radius 2 is 0.853 bits per heavy atom. The zero-order valence-electron chi connectivity index (χ0n) is 17.7. The molecule has 0 aromatic rings. The summed E-state index contributed by atoms with van der Waals surface area (Å²) < 4.78 is 26.5. The van der Waals surface area contributed by atoms with Gasteiger partial charge >= 0.3 is 0 Å². The molecule has 200 valence electrons. The third-order valence-electron chi connectivity index (χ3n) is 6.10. The van der Waals surface area contributed by atoms with Crippen molar-refractivity contribution in [3.8, 4) is 0 Å². The lowest BCUT2D eigenvalue weighted by Crippen LogP contribution is -2.66. The molecule has 0 unspecified atom stereocenters. The highest BCUT2D eigenvalue weighted by Crippen LogP contribution is 2.32. The fraction of sp³-hybridized carbons (Fsp3) is 1.00. The van der Waals surface area contributed by atoms with Crippen molar-refractivity contribution in [2.45, 2.75) is 92.1 Å². The van der Waals surface area contributed by atoms with Gasteiger partial charge in [0, 0.05) is 0 Å². The Balaban J connectivity index is 1.82. The molecule has 3 fully saturated rings. The Morgan fingerprint density at radius 3 is 1.38 bits per heavy atom. The first kappa shape index (κ1) is 27.9. The summed E-state index contributed by atoms with van der Waals surface area (Å²) in [7, 11) is 0. The first-order valence-electron chi connectivity index (χ1n) is 10.6. The first-order chi connectivity index (χ1) is 16.0. The Bertz CT molecular complexity index is 639. The van der Waals surface area contributed by atoms with E-state index in [1.165, 1.54) is 0 Å². The average Bonchev–Trinajstić information content (AvgIpc) is 2.83. The maximum Gasteiger partial charge on any atom is 0.187 e. The second kappa shape index (κ2) is 11.6. The molecular weight excluding hydrogens is 472 g/mol. The van der Waals surface area contributed by atoms with Gasteiger partial charge in [-0.15, -0.1) is 0 Å².